The van der Waals surface area contributed by atoms with E-state index in [9.17, 15) is 4.79 Å². The lowest BCUT2D eigenvalue weighted by Gasteiger charge is -2.13. The van der Waals surface area contributed by atoms with Crippen LogP contribution in [0.3, 0.4) is 0 Å². The quantitative estimate of drug-likeness (QED) is 0.845. The molecule has 0 radical (unpaired) electrons. The summed E-state index contributed by atoms with van der Waals surface area (Å²) in [5, 5.41) is 6.27. The van der Waals surface area contributed by atoms with E-state index in [4.69, 9.17) is 0 Å². The molecule has 5 heteroatoms. The van der Waals surface area contributed by atoms with Gasteiger partial charge in [0.25, 0.3) is 5.91 Å². The zero-order valence-electron chi connectivity index (χ0n) is 13.3. The van der Waals surface area contributed by atoms with E-state index >= 15 is 0 Å². The Morgan fingerprint density at radius 3 is 2.71 bits per heavy atom. The molecule has 21 heavy (non-hydrogen) atoms. The Morgan fingerprint density at radius 1 is 1.33 bits per heavy atom. The van der Waals surface area contributed by atoms with Gasteiger partial charge in [-0.05, 0) is 38.2 Å². The number of carbonyl (C=O) groups is 1. The largest absolute Gasteiger partial charge is 0.354 e. The fraction of sp³-hybridized carbons (Fsp3) is 0.688. The molecule has 1 aliphatic rings. The van der Waals surface area contributed by atoms with Gasteiger partial charge in [0.1, 0.15) is 5.69 Å². The molecule has 0 bridgehead atoms. The van der Waals surface area contributed by atoms with E-state index in [-0.39, 0.29) is 5.91 Å². The second kappa shape index (κ2) is 7.38. The average Bonchev–Trinajstić information content (AvgIpc) is 2.90. The molecule has 1 heterocycles. The number of hydrogen-bond donors (Lipinski definition) is 2. The van der Waals surface area contributed by atoms with E-state index in [1.54, 1.807) is 6.07 Å². The first-order chi connectivity index (χ1) is 10.0. The molecular formula is C16H26N4O. The Morgan fingerprint density at radius 2 is 2.05 bits per heavy atom. The van der Waals surface area contributed by atoms with Gasteiger partial charge in [0.05, 0.1) is 0 Å². The number of nitrogens with one attached hydrogen (secondary N) is 2. The number of amides is 1. The molecular weight excluding hydrogens is 264 g/mol. The van der Waals surface area contributed by atoms with Gasteiger partial charge in [-0.15, -0.1) is 0 Å². The van der Waals surface area contributed by atoms with E-state index in [2.05, 4.69) is 34.4 Å². The van der Waals surface area contributed by atoms with E-state index in [1.807, 2.05) is 6.92 Å². The lowest BCUT2D eigenvalue weighted by molar-refractivity contribution is 0.0932. The van der Waals surface area contributed by atoms with Crippen LogP contribution in [-0.4, -0.2) is 28.5 Å². The lowest BCUT2D eigenvalue weighted by atomic mass is 10.1. The highest BCUT2D eigenvalue weighted by Gasteiger charge is 2.19. The highest BCUT2D eigenvalue weighted by molar-refractivity contribution is 5.92. The Balaban J connectivity index is 1.98. The third kappa shape index (κ3) is 4.99. The first-order valence-corrected chi connectivity index (χ1v) is 7.95. The van der Waals surface area contributed by atoms with Crippen LogP contribution in [-0.2, 0) is 0 Å². The first-order valence-electron chi connectivity index (χ1n) is 7.95. The molecule has 1 aliphatic carbocycles. The number of rotatable bonds is 6. The van der Waals surface area contributed by atoms with Crippen molar-refractivity contribution in [2.75, 3.05) is 11.9 Å². The normalized spacial score (nSPS) is 15.4. The smallest absolute Gasteiger partial charge is 0.270 e. The van der Waals surface area contributed by atoms with E-state index in [1.165, 1.54) is 12.8 Å². The van der Waals surface area contributed by atoms with Crippen LogP contribution in [0.5, 0.6) is 0 Å². The molecule has 116 valence electrons. The minimum Gasteiger partial charge on any atom is -0.354 e. The Labute approximate surface area is 127 Å². The second-order valence-corrected chi connectivity index (χ2v) is 6.28. The molecule has 5 nitrogen and oxygen atoms in total. The van der Waals surface area contributed by atoms with Crippen molar-refractivity contribution in [3.63, 3.8) is 0 Å². The summed E-state index contributed by atoms with van der Waals surface area (Å²) in [5.41, 5.74) is 1.27. The molecule has 0 atom stereocenters. The van der Waals surface area contributed by atoms with Crippen molar-refractivity contribution in [3.8, 4) is 0 Å². The van der Waals surface area contributed by atoms with Crippen molar-refractivity contribution in [3.05, 3.63) is 17.5 Å². The summed E-state index contributed by atoms with van der Waals surface area (Å²) in [6, 6.07) is 2.06. The molecule has 1 aromatic heterocycles. The standard InChI is InChI=1S/C16H26N4O/c1-11(2)8-9-17-16-18-12(3)10-14(20-16)15(21)19-13-6-4-5-7-13/h10-11,13H,4-9H2,1-3H3,(H,19,21)(H,17,18,20). The van der Waals surface area contributed by atoms with Crippen LogP contribution in [0.15, 0.2) is 6.07 Å². The summed E-state index contributed by atoms with van der Waals surface area (Å²) >= 11 is 0. The van der Waals surface area contributed by atoms with Gasteiger partial charge in [-0.1, -0.05) is 26.7 Å². The molecule has 0 spiro atoms. The minimum absolute atomic E-state index is 0.0840. The van der Waals surface area contributed by atoms with Gasteiger partial charge in [-0.25, -0.2) is 9.97 Å². The zero-order valence-corrected chi connectivity index (χ0v) is 13.3. The van der Waals surface area contributed by atoms with Gasteiger partial charge < -0.3 is 10.6 Å². The first kappa shape index (κ1) is 15.7. The van der Waals surface area contributed by atoms with Crippen LogP contribution in [0.25, 0.3) is 0 Å². The number of aryl methyl sites for hydroxylation is 1. The summed E-state index contributed by atoms with van der Waals surface area (Å²) in [4.78, 5) is 20.9. The third-order valence-corrected chi connectivity index (χ3v) is 3.78. The highest BCUT2D eigenvalue weighted by Crippen LogP contribution is 2.18. The van der Waals surface area contributed by atoms with E-state index in [0.717, 1.165) is 31.5 Å². The van der Waals surface area contributed by atoms with Crippen LogP contribution >= 0.6 is 0 Å². The maximum Gasteiger partial charge on any atom is 0.270 e. The van der Waals surface area contributed by atoms with Crippen molar-refractivity contribution >= 4 is 11.9 Å². The van der Waals surface area contributed by atoms with Gasteiger partial charge >= 0.3 is 0 Å². The zero-order chi connectivity index (χ0) is 15.2. The summed E-state index contributed by atoms with van der Waals surface area (Å²) < 4.78 is 0. The number of hydrogen-bond acceptors (Lipinski definition) is 4. The summed E-state index contributed by atoms with van der Waals surface area (Å²) in [6.07, 6.45) is 5.62. The van der Waals surface area contributed by atoms with Crippen molar-refractivity contribution in [2.45, 2.75) is 58.9 Å². The van der Waals surface area contributed by atoms with Crippen LogP contribution in [0, 0.1) is 12.8 Å². The third-order valence-electron chi connectivity index (χ3n) is 3.78. The van der Waals surface area contributed by atoms with Gasteiger partial charge in [0.15, 0.2) is 0 Å². The number of aromatic nitrogens is 2. The molecule has 1 amide bonds. The van der Waals surface area contributed by atoms with Crippen LogP contribution in [0.2, 0.25) is 0 Å². The molecule has 0 unspecified atom stereocenters. The fourth-order valence-corrected chi connectivity index (χ4v) is 2.57. The van der Waals surface area contributed by atoms with Gasteiger partial charge in [0, 0.05) is 18.3 Å². The number of carbonyl (C=O) groups excluding carboxylic acids is 1. The Hall–Kier alpha value is -1.65. The monoisotopic (exact) mass is 290 g/mol. The maximum atomic E-state index is 12.3. The predicted octanol–water partition coefficient (Wildman–Crippen LogP) is 2.92. The van der Waals surface area contributed by atoms with E-state index in [0.29, 0.717) is 23.6 Å². The molecule has 0 aromatic carbocycles. The van der Waals surface area contributed by atoms with Crippen LogP contribution in [0.1, 0.15) is 62.1 Å². The summed E-state index contributed by atoms with van der Waals surface area (Å²) in [6.45, 7) is 7.07. The highest BCUT2D eigenvalue weighted by atomic mass is 16.1. The molecule has 0 aliphatic heterocycles. The van der Waals surface area contributed by atoms with Crippen molar-refractivity contribution in [1.29, 1.82) is 0 Å². The topological polar surface area (TPSA) is 66.9 Å². The van der Waals surface area contributed by atoms with Crippen molar-refractivity contribution in [2.24, 2.45) is 5.92 Å². The second-order valence-electron chi connectivity index (χ2n) is 6.28. The molecule has 2 N–H and O–H groups in total. The van der Waals surface area contributed by atoms with E-state index < -0.39 is 0 Å². The number of nitrogens with zero attached hydrogens (tertiary/aromatic N) is 2. The van der Waals surface area contributed by atoms with Crippen molar-refractivity contribution in [1.82, 2.24) is 15.3 Å². The SMILES string of the molecule is Cc1cc(C(=O)NC2CCCC2)nc(NCCC(C)C)n1. The fourth-order valence-electron chi connectivity index (χ4n) is 2.57. The average molecular weight is 290 g/mol. The molecule has 2 rings (SSSR count). The maximum absolute atomic E-state index is 12.3. The predicted molar refractivity (Wildman–Crippen MR) is 84.4 cm³/mol. The molecule has 1 fully saturated rings. The molecule has 1 aromatic rings. The van der Waals surface area contributed by atoms with Gasteiger partial charge in [-0.2, -0.15) is 0 Å². The Kier molecular flexibility index (Phi) is 5.53. The van der Waals surface area contributed by atoms with Crippen LogP contribution < -0.4 is 10.6 Å². The van der Waals surface area contributed by atoms with Gasteiger partial charge in [0.2, 0.25) is 5.95 Å². The minimum atomic E-state index is -0.0840. The van der Waals surface area contributed by atoms with Crippen LogP contribution in [0.4, 0.5) is 5.95 Å². The van der Waals surface area contributed by atoms with Gasteiger partial charge in [-0.3, -0.25) is 4.79 Å². The summed E-state index contributed by atoms with van der Waals surface area (Å²) in [5.74, 6) is 1.10. The molecule has 1 saturated carbocycles. The Bertz CT molecular complexity index is 481. The summed E-state index contributed by atoms with van der Waals surface area (Å²) in [7, 11) is 0. The lowest BCUT2D eigenvalue weighted by Crippen LogP contribution is -2.33. The molecule has 0 saturated heterocycles. The van der Waals surface area contributed by atoms with Crippen molar-refractivity contribution < 1.29 is 4.79 Å². The number of anilines is 1.